The number of hydrogen-bond donors (Lipinski definition) is 0. The van der Waals surface area contributed by atoms with E-state index in [4.69, 9.17) is 4.74 Å². The van der Waals surface area contributed by atoms with Crippen LogP contribution in [0.25, 0.3) is 0 Å². The average Bonchev–Trinajstić information content (AvgIpc) is 3.16. The summed E-state index contributed by atoms with van der Waals surface area (Å²) >= 11 is 0. The summed E-state index contributed by atoms with van der Waals surface area (Å²) in [7, 11) is 0. The molecule has 27 heavy (non-hydrogen) atoms. The van der Waals surface area contributed by atoms with Crippen molar-refractivity contribution in [3.8, 4) is 5.75 Å². The topological polar surface area (TPSA) is 108 Å². The smallest absolute Gasteiger partial charge is 0.303 e. The molecule has 9 heteroatoms. The second-order valence-electron chi connectivity index (χ2n) is 5.85. The molecule has 2 amide bonds. The highest BCUT2D eigenvalue weighted by Crippen LogP contribution is 2.25. The number of carbonyl (C=O) groups excluding carboxylic acids is 2. The summed E-state index contributed by atoms with van der Waals surface area (Å²) < 4.78 is 5.76. The summed E-state index contributed by atoms with van der Waals surface area (Å²) in [5.74, 6) is 0.0737. The second kappa shape index (κ2) is 7.98. The van der Waals surface area contributed by atoms with Crippen molar-refractivity contribution in [2.75, 3.05) is 19.7 Å². The third-order valence-electron chi connectivity index (χ3n) is 4.10. The maximum absolute atomic E-state index is 12.7. The number of hydrogen-bond acceptors (Lipinski definition) is 7. The van der Waals surface area contributed by atoms with E-state index in [1.165, 1.54) is 0 Å². The molecule has 0 unspecified atom stereocenters. The van der Waals surface area contributed by atoms with E-state index in [1.54, 1.807) is 23.1 Å². The SMILES string of the molecule is CCCOc1ccc(C(=O)N(CC)CC)cc1C1=NC(=O)C2=NN=NC2=N1. The molecule has 140 valence electrons. The van der Waals surface area contributed by atoms with E-state index in [-0.39, 0.29) is 23.3 Å². The van der Waals surface area contributed by atoms with Gasteiger partial charge in [-0.05, 0) is 43.7 Å². The first-order valence-corrected chi connectivity index (χ1v) is 8.86. The fourth-order valence-electron chi connectivity index (χ4n) is 2.68. The number of aliphatic imine (C=N–C) groups is 2. The van der Waals surface area contributed by atoms with Crippen LogP contribution in [-0.4, -0.2) is 53.8 Å². The first-order valence-electron chi connectivity index (χ1n) is 8.86. The fourth-order valence-corrected chi connectivity index (χ4v) is 2.68. The molecule has 0 bridgehead atoms. The molecule has 1 aromatic rings. The Kier molecular flexibility index (Phi) is 5.49. The van der Waals surface area contributed by atoms with Crippen molar-refractivity contribution in [3.63, 3.8) is 0 Å². The Bertz CT molecular complexity index is 896. The van der Waals surface area contributed by atoms with Gasteiger partial charge in [-0.15, -0.1) is 10.2 Å². The first-order chi connectivity index (χ1) is 13.1. The van der Waals surface area contributed by atoms with Gasteiger partial charge in [0.1, 0.15) is 5.75 Å². The lowest BCUT2D eigenvalue weighted by atomic mass is 10.1. The lowest BCUT2D eigenvalue weighted by molar-refractivity contribution is -0.111. The van der Waals surface area contributed by atoms with Crippen LogP contribution in [0.15, 0.2) is 43.6 Å². The summed E-state index contributed by atoms with van der Waals surface area (Å²) in [5, 5.41) is 10.8. The van der Waals surface area contributed by atoms with E-state index in [0.29, 0.717) is 36.6 Å². The molecule has 0 spiro atoms. The van der Waals surface area contributed by atoms with Gasteiger partial charge in [-0.1, -0.05) is 6.92 Å². The van der Waals surface area contributed by atoms with Crippen LogP contribution in [0, 0.1) is 0 Å². The number of amides is 2. The Morgan fingerprint density at radius 3 is 2.59 bits per heavy atom. The predicted molar refractivity (Wildman–Crippen MR) is 101 cm³/mol. The molecule has 0 fully saturated rings. The van der Waals surface area contributed by atoms with Crippen LogP contribution in [0.4, 0.5) is 0 Å². The number of fused-ring (bicyclic) bond motifs is 1. The van der Waals surface area contributed by atoms with Crippen molar-refractivity contribution >= 4 is 29.2 Å². The summed E-state index contributed by atoms with van der Waals surface area (Å²) in [6.45, 7) is 7.51. The van der Waals surface area contributed by atoms with Gasteiger partial charge in [-0.2, -0.15) is 4.99 Å². The molecule has 3 rings (SSSR count). The first kappa shape index (κ1) is 18.6. The Morgan fingerprint density at radius 2 is 1.89 bits per heavy atom. The number of ether oxygens (including phenoxy) is 1. The van der Waals surface area contributed by atoms with Gasteiger partial charge >= 0.3 is 5.91 Å². The zero-order valence-electron chi connectivity index (χ0n) is 15.5. The Labute approximate surface area is 156 Å². The number of carbonyl (C=O) groups is 2. The molecule has 2 heterocycles. The highest BCUT2D eigenvalue weighted by molar-refractivity contribution is 6.69. The third kappa shape index (κ3) is 3.67. The molecule has 2 aliphatic heterocycles. The largest absolute Gasteiger partial charge is 0.493 e. The van der Waals surface area contributed by atoms with Crippen LogP contribution in [-0.2, 0) is 4.79 Å². The lowest BCUT2D eigenvalue weighted by Crippen LogP contribution is -2.30. The minimum atomic E-state index is -0.568. The average molecular weight is 368 g/mol. The molecule has 0 saturated heterocycles. The summed E-state index contributed by atoms with van der Waals surface area (Å²) in [6, 6.07) is 5.06. The van der Waals surface area contributed by atoms with E-state index in [1.807, 2.05) is 20.8 Å². The van der Waals surface area contributed by atoms with Crippen LogP contribution in [0.3, 0.4) is 0 Å². The summed E-state index contributed by atoms with van der Waals surface area (Å²) in [5.41, 5.74) is 0.953. The summed E-state index contributed by atoms with van der Waals surface area (Å²) in [4.78, 5) is 34.8. The maximum atomic E-state index is 12.7. The quantitative estimate of drug-likeness (QED) is 0.737. The van der Waals surface area contributed by atoms with Crippen LogP contribution < -0.4 is 4.74 Å². The van der Waals surface area contributed by atoms with Gasteiger partial charge in [0.15, 0.2) is 5.84 Å². The van der Waals surface area contributed by atoms with Crippen LogP contribution >= 0.6 is 0 Å². The van der Waals surface area contributed by atoms with E-state index >= 15 is 0 Å². The van der Waals surface area contributed by atoms with Crippen molar-refractivity contribution in [1.29, 1.82) is 0 Å². The molecule has 0 aromatic heterocycles. The zero-order valence-corrected chi connectivity index (χ0v) is 15.5. The minimum Gasteiger partial charge on any atom is -0.493 e. The maximum Gasteiger partial charge on any atom is 0.303 e. The third-order valence-corrected chi connectivity index (χ3v) is 4.10. The summed E-state index contributed by atoms with van der Waals surface area (Å²) in [6.07, 6.45) is 0.810. The molecule has 9 nitrogen and oxygen atoms in total. The van der Waals surface area contributed by atoms with Crippen molar-refractivity contribution in [2.24, 2.45) is 25.4 Å². The van der Waals surface area contributed by atoms with Crippen molar-refractivity contribution in [3.05, 3.63) is 29.3 Å². The number of benzene rings is 1. The predicted octanol–water partition coefficient (Wildman–Crippen LogP) is 2.46. The van der Waals surface area contributed by atoms with Gasteiger partial charge in [0, 0.05) is 18.7 Å². The van der Waals surface area contributed by atoms with Gasteiger partial charge in [0.25, 0.3) is 5.91 Å². The fraction of sp³-hybridized carbons (Fsp3) is 0.389. The highest BCUT2D eigenvalue weighted by atomic mass is 16.5. The Balaban J connectivity index is 2.04. The van der Waals surface area contributed by atoms with Crippen molar-refractivity contribution in [2.45, 2.75) is 27.2 Å². The zero-order chi connectivity index (χ0) is 19.4. The van der Waals surface area contributed by atoms with E-state index in [2.05, 4.69) is 25.4 Å². The monoisotopic (exact) mass is 368 g/mol. The highest BCUT2D eigenvalue weighted by Gasteiger charge is 2.29. The van der Waals surface area contributed by atoms with Crippen LogP contribution in [0.1, 0.15) is 43.1 Å². The van der Waals surface area contributed by atoms with Crippen molar-refractivity contribution < 1.29 is 14.3 Å². The van der Waals surface area contributed by atoms with Gasteiger partial charge in [0.2, 0.25) is 11.5 Å². The molecule has 2 aliphatic rings. The number of amidine groups is 2. The molecule has 0 radical (unpaired) electrons. The van der Waals surface area contributed by atoms with Crippen LogP contribution in [0.5, 0.6) is 5.75 Å². The molecule has 0 saturated carbocycles. The van der Waals surface area contributed by atoms with Crippen LogP contribution in [0.2, 0.25) is 0 Å². The lowest BCUT2D eigenvalue weighted by Gasteiger charge is -2.20. The Hall–Kier alpha value is -3.23. The number of rotatable bonds is 7. The minimum absolute atomic E-state index is 0.0187. The molecule has 0 N–H and O–H groups in total. The van der Waals surface area contributed by atoms with Gasteiger partial charge in [0.05, 0.1) is 12.2 Å². The molecular formula is C18H20N6O3. The van der Waals surface area contributed by atoms with Gasteiger partial charge < -0.3 is 9.64 Å². The molecule has 0 atom stereocenters. The molecule has 1 aromatic carbocycles. The Morgan fingerprint density at radius 1 is 1.11 bits per heavy atom. The van der Waals surface area contributed by atoms with Gasteiger partial charge in [-0.25, -0.2) is 4.99 Å². The second-order valence-corrected chi connectivity index (χ2v) is 5.85. The van der Waals surface area contributed by atoms with E-state index < -0.39 is 5.91 Å². The molecular weight excluding hydrogens is 348 g/mol. The normalized spacial score (nSPS) is 15.1. The number of nitrogens with zero attached hydrogens (tertiary/aromatic N) is 6. The van der Waals surface area contributed by atoms with E-state index in [9.17, 15) is 9.59 Å². The molecule has 0 aliphatic carbocycles. The standard InChI is InChI=1S/C18H20N6O3/c1-4-9-27-13-8-7-11(18(26)24(5-2)6-3)10-12(13)15-19-16-14(17(25)20-15)21-23-22-16/h7-8,10H,4-6,9H2,1-3H3. The van der Waals surface area contributed by atoms with E-state index in [0.717, 1.165) is 6.42 Å². The van der Waals surface area contributed by atoms with Gasteiger partial charge in [-0.3, -0.25) is 9.59 Å². The van der Waals surface area contributed by atoms with Crippen molar-refractivity contribution in [1.82, 2.24) is 4.90 Å².